The molecule has 2 heterocycles. The summed E-state index contributed by atoms with van der Waals surface area (Å²) in [5.74, 6) is -1.19. The third-order valence-electron chi connectivity index (χ3n) is 2.37. The number of nitrogens with zero attached hydrogens (tertiary/aromatic N) is 1. The molecule has 0 aliphatic rings. The van der Waals surface area contributed by atoms with E-state index in [9.17, 15) is 14.3 Å². The largest absolute Gasteiger partial charge is 0.386 e. The van der Waals surface area contributed by atoms with E-state index in [-0.39, 0.29) is 12.1 Å². The molecule has 0 radical (unpaired) electrons. The second-order valence-electron chi connectivity index (χ2n) is 3.73. The average molecular weight is 301 g/mol. The number of halogens is 2. The number of rotatable bonds is 4. The Morgan fingerprint density at radius 2 is 2.32 bits per heavy atom. The lowest BCUT2D eigenvalue weighted by Crippen LogP contribution is -2.28. The fourth-order valence-corrected chi connectivity index (χ4v) is 2.49. The van der Waals surface area contributed by atoms with Gasteiger partial charge >= 0.3 is 0 Å². The zero-order chi connectivity index (χ0) is 13.8. The molecule has 7 heteroatoms. The van der Waals surface area contributed by atoms with Crippen LogP contribution < -0.4 is 5.32 Å². The third kappa shape index (κ3) is 3.73. The molecule has 4 nitrogen and oxygen atoms in total. The highest BCUT2D eigenvalue weighted by molar-refractivity contribution is 7.16. The number of nitrogens with one attached hydrogen (secondary N) is 1. The fourth-order valence-electron chi connectivity index (χ4n) is 1.44. The van der Waals surface area contributed by atoms with Gasteiger partial charge in [-0.2, -0.15) is 4.39 Å². The van der Waals surface area contributed by atoms with E-state index in [1.807, 2.05) is 0 Å². The molecule has 0 spiro atoms. The standard InChI is InChI=1S/C12H10ClFN2O2S/c13-10-2-1-9(19-10)8(17)6-16-12(18)7-3-4-15-11(14)5-7/h1-5,8,17H,6H2,(H,16,18)/t8-/m1/s1. The van der Waals surface area contributed by atoms with Crippen LogP contribution in [-0.4, -0.2) is 22.5 Å². The van der Waals surface area contributed by atoms with Gasteiger partial charge in [-0.3, -0.25) is 4.79 Å². The van der Waals surface area contributed by atoms with Gasteiger partial charge in [0.25, 0.3) is 5.91 Å². The summed E-state index contributed by atoms with van der Waals surface area (Å²) in [6.45, 7) is 0.0274. The van der Waals surface area contributed by atoms with Crippen LogP contribution in [0.4, 0.5) is 4.39 Å². The summed E-state index contributed by atoms with van der Waals surface area (Å²) in [4.78, 5) is 15.7. The van der Waals surface area contributed by atoms with Crippen molar-refractivity contribution in [3.8, 4) is 0 Å². The maximum Gasteiger partial charge on any atom is 0.251 e. The second kappa shape index (κ2) is 6.10. The molecule has 1 atom stereocenters. The lowest BCUT2D eigenvalue weighted by molar-refractivity contribution is 0.0917. The van der Waals surface area contributed by atoms with Crippen LogP contribution in [0, 0.1) is 5.95 Å². The van der Waals surface area contributed by atoms with E-state index in [4.69, 9.17) is 11.6 Å². The number of pyridine rings is 1. The number of hydrogen-bond donors (Lipinski definition) is 2. The van der Waals surface area contributed by atoms with Gasteiger partial charge in [0, 0.05) is 29.2 Å². The minimum Gasteiger partial charge on any atom is -0.386 e. The molecular weight excluding hydrogens is 291 g/mol. The van der Waals surface area contributed by atoms with Crippen molar-refractivity contribution in [2.75, 3.05) is 6.54 Å². The van der Waals surface area contributed by atoms with Gasteiger partial charge in [-0.25, -0.2) is 4.98 Å². The van der Waals surface area contributed by atoms with Crippen molar-refractivity contribution < 1.29 is 14.3 Å². The van der Waals surface area contributed by atoms with Crippen molar-refractivity contribution in [2.24, 2.45) is 0 Å². The van der Waals surface area contributed by atoms with Crippen molar-refractivity contribution >= 4 is 28.8 Å². The van der Waals surface area contributed by atoms with Gasteiger partial charge in [-0.05, 0) is 18.2 Å². The Morgan fingerprint density at radius 1 is 1.53 bits per heavy atom. The number of amides is 1. The van der Waals surface area contributed by atoms with Gasteiger partial charge in [0.2, 0.25) is 5.95 Å². The summed E-state index contributed by atoms with van der Waals surface area (Å²) < 4.78 is 13.4. The topological polar surface area (TPSA) is 62.2 Å². The SMILES string of the molecule is O=C(NC[C@@H](O)c1ccc(Cl)s1)c1ccnc(F)c1. The zero-order valence-electron chi connectivity index (χ0n) is 9.64. The predicted octanol–water partition coefficient (Wildman–Crippen LogP) is 2.40. The zero-order valence-corrected chi connectivity index (χ0v) is 11.2. The first-order valence-corrected chi connectivity index (χ1v) is 6.59. The summed E-state index contributed by atoms with van der Waals surface area (Å²) in [7, 11) is 0. The highest BCUT2D eigenvalue weighted by atomic mass is 35.5. The molecule has 0 fully saturated rings. The highest BCUT2D eigenvalue weighted by Gasteiger charge is 2.13. The normalized spacial score (nSPS) is 12.2. The smallest absolute Gasteiger partial charge is 0.251 e. The van der Waals surface area contributed by atoms with Gasteiger partial charge < -0.3 is 10.4 Å². The summed E-state index contributed by atoms with van der Waals surface area (Å²) in [6, 6.07) is 5.79. The Kier molecular flexibility index (Phi) is 4.47. The van der Waals surface area contributed by atoms with Crippen LogP contribution in [0.2, 0.25) is 4.34 Å². The Balaban J connectivity index is 1.93. The fraction of sp³-hybridized carbons (Fsp3) is 0.167. The molecule has 2 rings (SSSR count). The lowest BCUT2D eigenvalue weighted by Gasteiger charge is -2.10. The van der Waals surface area contributed by atoms with Crippen LogP contribution in [0.5, 0.6) is 0 Å². The van der Waals surface area contributed by atoms with Gasteiger partial charge in [0.1, 0.15) is 6.10 Å². The van der Waals surface area contributed by atoms with Gasteiger partial charge in [-0.15, -0.1) is 11.3 Å². The number of hydrogen-bond acceptors (Lipinski definition) is 4. The predicted molar refractivity (Wildman–Crippen MR) is 70.8 cm³/mol. The Hall–Kier alpha value is -1.50. The van der Waals surface area contributed by atoms with Gasteiger partial charge in [0.05, 0.1) is 4.34 Å². The maximum atomic E-state index is 12.8. The Labute approximate surface area is 117 Å². The minimum absolute atomic E-state index is 0.0274. The lowest BCUT2D eigenvalue weighted by atomic mass is 10.2. The van der Waals surface area contributed by atoms with E-state index in [2.05, 4.69) is 10.3 Å². The number of carbonyl (C=O) groups is 1. The monoisotopic (exact) mass is 300 g/mol. The number of thiophene rings is 1. The molecule has 0 aliphatic carbocycles. The Morgan fingerprint density at radius 3 is 2.95 bits per heavy atom. The van der Waals surface area contributed by atoms with Crippen molar-refractivity contribution in [3.05, 3.63) is 51.2 Å². The molecule has 19 heavy (non-hydrogen) atoms. The van der Waals surface area contributed by atoms with Crippen molar-refractivity contribution in [2.45, 2.75) is 6.10 Å². The van der Waals surface area contributed by atoms with E-state index >= 15 is 0 Å². The molecule has 0 aliphatic heterocycles. The maximum absolute atomic E-state index is 12.8. The number of aliphatic hydroxyl groups excluding tert-OH is 1. The summed E-state index contributed by atoms with van der Waals surface area (Å²) in [5.41, 5.74) is 0.156. The number of aliphatic hydroxyl groups is 1. The first-order chi connectivity index (χ1) is 9.06. The van der Waals surface area contributed by atoms with E-state index in [0.717, 1.165) is 6.07 Å². The molecule has 2 aromatic heterocycles. The van der Waals surface area contributed by atoms with Gasteiger partial charge in [-0.1, -0.05) is 11.6 Å². The molecule has 0 bridgehead atoms. The molecule has 0 saturated carbocycles. The van der Waals surface area contributed by atoms with Crippen LogP contribution in [-0.2, 0) is 0 Å². The molecule has 0 unspecified atom stereocenters. The Bertz CT molecular complexity index is 591. The van der Waals surface area contributed by atoms with E-state index in [1.54, 1.807) is 12.1 Å². The van der Waals surface area contributed by atoms with Crippen LogP contribution in [0.3, 0.4) is 0 Å². The van der Waals surface area contributed by atoms with Crippen molar-refractivity contribution in [1.82, 2.24) is 10.3 Å². The molecule has 2 aromatic rings. The number of carbonyl (C=O) groups excluding carboxylic acids is 1. The minimum atomic E-state index is -0.840. The molecule has 0 saturated heterocycles. The number of aromatic nitrogens is 1. The van der Waals surface area contributed by atoms with Crippen LogP contribution in [0.15, 0.2) is 30.5 Å². The summed E-state index contributed by atoms with van der Waals surface area (Å²) in [6.07, 6.45) is 0.368. The van der Waals surface area contributed by atoms with E-state index in [0.29, 0.717) is 9.21 Å². The van der Waals surface area contributed by atoms with E-state index < -0.39 is 18.0 Å². The van der Waals surface area contributed by atoms with Crippen LogP contribution >= 0.6 is 22.9 Å². The average Bonchev–Trinajstić information content (AvgIpc) is 2.82. The molecule has 1 amide bonds. The molecule has 2 N–H and O–H groups in total. The van der Waals surface area contributed by atoms with Crippen molar-refractivity contribution in [3.63, 3.8) is 0 Å². The van der Waals surface area contributed by atoms with E-state index in [1.165, 1.54) is 23.6 Å². The van der Waals surface area contributed by atoms with Crippen molar-refractivity contribution in [1.29, 1.82) is 0 Å². The highest BCUT2D eigenvalue weighted by Crippen LogP contribution is 2.26. The quantitative estimate of drug-likeness (QED) is 0.852. The first kappa shape index (κ1) is 13.9. The van der Waals surface area contributed by atoms with Crippen LogP contribution in [0.1, 0.15) is 21.3 Å². The van der Waals surface area contributed by atoms with Gasteiger partial charge in [0.15, 0.2) is 0 Å². The summed E-state index contributed by atoms with van der Waals surface area (Å²) in [5, 5.41) is 12.3. The molecular formula is C12H10ClFN2O2S. The first-order valence-electron chi connectivity index (χ1n) is 5.39. The van der Waals surface area contributed by atoms with Crippen LogP contribution in [0.25, 0.3) is 0 Å². The molecule has 0 aromatic carbocycles. The summed E-state index contributed by atoms with van der Waals surface area (Å²) >= 11 is 6.99. The third-order valence-corrected chi connectivity index (χ3v) is 3.70. The second-order valence-corrected chi connectivity index (χ2v) is 5.48. The molecule has 100 valence electrons.